The van der Waals surface area contributed by atoms with Crippen molar-refractivity contribution >= 4 is 22.6 Å². The second kappa shape index (κ2) is 6.38. The molecule has 120 valence electrons. The number of aliphatic carboxylic acids is 1. The van der Waals surface area contributed by atoms with Gasteiger partial charge in [0.2, 0.25) is 5.91 Å². The minimum atomic E-state index is -0.951. The van der Waals surface area contributed by atoms with E-state index in [0.717, 1.165) is 16.3 Å². The largest absolute Gasteiger partial charge is 0.480 e. The Kier molecular flexibility index (Phi) is 4.30. The highest BCUT2D eigenvalue weighted by molar-refractivity contribution is 5.89. The molecule has 0 aromatic heterocycles. The van der Waals surface area contributed by atoms with E-state index in [4.69, 9.17) is 5.73 Å². The molecular weight excluding hydrogens is 292 g/mol. The van der Waals surface area contributed by atoms with Crippen LogP contribution in [0.1, 0.15) is 18.4 Å². The first-order valence-corrected chi connectivity index (χ1v) is 7.83. The van der Waals surface area contributed by atoms with Crippen molar-refractivity contribution in [1.82, 2.24) is 4.90 Å². The van der Waals surface area contributed by atoms with Gasteiger partial charge in [0, 0.05) is 6.54 Å². The first-order chi connectivity index (χ1) is 11.1. The van der Waals surface area contributed by atoms with Crippen LogP contribution in [0, 0.1) is 0 Å². The molecule has 2 aromatic carbocycles. The molecule has 1 fully saturated rings. The number of rotatable bonds is 4. The van der Waals surface area contributed by atoms with Crippen LogP contribution in [0.25, 0.3) is 10.8 Å². The first-order valence-electron chi connectivity index (χ1n) is 7.83. The third kappa shape index (κ3) is 3.05. The number of carboxylic acids is 1. The fraction of sp³-hybridized carbons (Fsp3) is 0.333. The molecule has 0 saturated carbocycles. The minimum Gasteiger partial charge on any atom is -0.480 e. The number of carboxylic acid groups (broad SMARTS) is 1. The molecule has 1 aliphatic rings. The summed E-state index contributed by atoms with van der Waals surface area (Å²) in [6, 6.07) is 12.4. The number of hydrogen-bond donors (Lipinski definition) is 2. The fourth-order valence-corrected chi connectivity index (χ4v) is 3.29. The molecule has 0 spiro atoms. The molecule has 0 radical (unpaired) electrons. The second-order valence-corrected chi connectivity index (χ2v) is 5.98. The maximum Gasteiger partial charge on any atom is 0.326 e. The lowest BCUT2D eigenvalue weighted by Crippen LogP contribution is -2.49. The summed E-state index contributed by atoms with van der Waals surface area (Å²) in [4.78, 5) is 25.2. The summed E-state index contributed by atoms with van der Waals surface area (Å²) >= 11 is 0. The van der Waals surface area contributed by atoms with Gasteiger partial charge in [0.25, 0.3) is 0 Å². The number of nitrogens with zero attached hydrogens (tertiary/aromatic N) is 1. The average molecular weight is 312 g/mol. The molecule has 3 rings (SSSR count). The molecule has 0 unspecified atom stereocenters. The minimum absolute atomic E-state index is 0.275. The number of carbonyl (C=O) groups is 2. The average Bonchev–Trinajstić information content (AvgIpc) is 3.04. The van der Waals surface area contributed by atoms with E-state index in [1.54, 1.807) is 0 Å². The van der Waals surface area contributed by atoms with Gasteiger partial charge in [0.05, 0.1) is 6.04 Å². The molecule has 2 atom stereocenters. The molecule has 0 bridgehead atoms. The number of amides is 1. The summed E-state index contributed by atoms with van der Waals surface area (Å²) in [6.07, 6.45) is 1.62. The lowest BCUT2D eigenvalue weighted by molar-refractivity contribution is -0.148. The Morgan fingerprint density at radius 1 is 1.22 bits per heavy atom. The zero-order valence-corrected chi connectivity index (χ0v) is 12.8. The van der Waals surface area contributed by atoms with Crippen molar-refractivity contribution in [1.29, 1.82) is 0 Å². The van der Waals surface area contributed by atoms with Crippen LogP contribution < -0.4 is 5.73 Å². The van der Waals surface area contributed by atoms with Gasteiger partial charge in [-0.3, -0.25) is 4.79 Å². The summed E-state index contributed by atoms with van der Waals surface area (Å²) in [5, 5.41) is 11.4. The van der Waals surface area contributed by atoms with Crippen LogP contribution in [-0.4, -0.2) is 40.5 Å². The number of carbonyl (C=O) groups excluding carboxylic acids is 1. The van der Waals surface area contributed by atoms with Crippen molar-refractivity contribution in [2.45, 2.75) is 31.3 Å². The SMILES string of the molecule is N[C@H](Cc1cccc2ccccc12)C(=O)N1CCC[C@H]1C(=O)O. The Hall–Kier alpha value is -2.40. The molecular formula is C18H20N2O3. The van der Waals surface area contributed by atoms with Crippen LogP contribution in [0.2, 0.25) is 0 Å². The van der Waals surface area contributed by atoms with Crippen LogP contribution >= 0.6 is 0 Å². The van der Waals surface area contributed by atoms with Crippen LogP contribution in [0.15, 0.2) is 42.5 Å². The normalized spacial score (nSPS) is 19.0. The predicted octanol–water partition coefficient (Wildman–Crippen LogP) is 1.79. The zero-order valence-electron chi connectivity index (χ0n) is 12.8. The van der Waals surface area contributed by atoms with Crippen LogP contribution in [-0.2, 0) is 16.0 Å². The summed E-state index contributed by atoms with van der Waals surface area (Å²) in [6.45, 7) is 0.471. The van der Waals surface area contributed by atoms with Gasteiger partial charge in [-0.1, -0.05) is 42.5 Å². The quantitative estimate of drug-likeness (QED) is 0.901. The van der Waals surface area contributed by atoms with Gasteiger partial charge < -0.3 is 15.7 Å². The van der Waals surface area contributed by atoms with E-state index >= 15 is 0 Å². The van der Waals surface area contributed by atoms with Gasteiger partial charge in [-0.15, -0.1) is 0 Å². The van der Waals surface area contributed by atoms with Crippen molar-refractivity contribution in [2.75, 3.05) is 6.54 Å². The van der Waals surface area contributed by atoms with Gasteiger partial charge in [0.1, 0.15) is 6.04 Å². The molecule has 3 N–H and O–H groups in total. The Balaban J connectivity index is 1.79. The number of nitrogens with two attached hydrogens (primary N) is 1. The van der Waals surface area contributed by atoms with E-state index in [9.17, 15) is 14.7 Å². The topological polar surface area (TPSA) is 83.6 Å². The van der Waals surface area contributed by atoms with Gasteiger partial charge in [0.15, 0.2) is 0 Å². The molecule has 23 heavy (non-hydrogen) atoms. The molecule has 2 aromatic rings. The number of benzene rings is 2. The van der Waals surface area contributed by atoms with Crippen molar-refractivity contribution in [3.05, 3.63) is 48.0 Å². The van der Waals surface area contributed by atoms with Gasteiger partial charge in [-0.05, 0) is 35.6 Å². The van der Waals surface area contributed by atoms with E-state index in [0.29, 0.717) is 25.8 Å². The molecule has 1 aliphatic heterocycles. The van der Waals surface area contributed by atoms with E-state index < -0.39 is 18.1 Å². The predicted molar refractivity (Wildman–Crippen MR) is 88.0 cm³/mol. The monoisotopic (exact) mass is 312 g/mol. The molecule has 5 nitrogen and oxygen atoms in total. The second-order valence-electron chi connectivity index (χ2n) is 5.98. The fourth-order valence-electron chi connectivity index (χ4n) is 3.29. The third-order valence-corrected chi connectivity index (χ3v) is 4.46. The summed E-state index contributed by atoms with van der Waals surface area (Å²) in [5.74, 6) is -1.23. The summed E-state index contributed by atoms with van der Waals surface area (Å²) in [5.41, 5.74) is 7.11. The van der Waals surface area contributed by atoms with Crippen molar-refractivity contribution in [3.63, 3.8) is 0 Å². The van der Waals surface area contributed by atoms with Gasteiger partial charge >= 0.3 is 5.97 Å². The molecule has 1 heterocycles. The van der Waals surface area contributed by atoms with Crippen LogP contribution in [0.4, 0.5) is 0 Å². The Bertz CT molecular complexity index is 739. The number of likely N-dealkylation sites (tertiary alicyclic amines) is 1. The number of hydrogen-bond acceptors (Lipinski definition) is 3. The Labute approximate surface area is 134 Å². The highest BCUT2D eigenvalue weighted by Gasteiger charge is 2.36. The molecule has 5 heteroatoms. The summed E-state index contributed by atoms with van der Waals surface area (Å²) < 4.78 is 0. The Morgan fingerprint density at radius 2 is 1.96 bits per heavy atom. The Morgan fingerprint density at radius 3 is 2.74 bits per heavy atom. The molecule has 1 saturated heterocycles. The van der Waals surface area contributed by atoms with E-state index in [1.807, 2.05) is 42.5 Å². The smallest absolute Gasteiger partial charge is 0.326 e. The van der Waals surface area contributed by atoms with Crippen molar-refractivity contribution in [3.8, 4) is 0 Å². The molecule has 1 amide bonds. The van der Waals surface area contributed by atoms with Gasteiger partial charge in [-0.2, -0.15) is 0 Å². The molecule has 0 aliphatic carbocycles. The third-order valence-electron chi connectivity index (χ3n) is 4.46. The van der Waals surface area contributed by atoms with E-state index in [1.165, 1.54) is 4.90 Å². The zero-order chi connectivity index (χ0) is 16.4. The maximum atomic E-state index is 12.5. The summed E-state index contributed by atoms with van der Waals surface area (Å²) in [7, 11) is 0. The van der Waals surface area contributed by atoms with Crippen molar-refractivity contribution in [2.24, 2.45) is 5.73 Å². The van der Waals surface area contributed by atoms with Crippen LogP contribution in [0.5, 0.6) is 0 Å². The van der Waals surface area contributed by atoms with E-state index in [-0.39, 0.29) is 5.91 Å². The first kappa shape index (κ1) is 15.5. The highest BCUT2D eigenvalue weighted by atomic mass is 16.4. The lowest BCUT2D eigenvalue weighted by Gasteiger charge is -2.25. The van der Waals surface area contributed by atoms with Gasteiger partial charge in [-0.25, -0.2) is 4.79 Å². The maximum absolute atomic E-state index is 12.5. The van der Waals surface area contributed by atoms with E-state index in [2.05, 4.69) is 0 Å². The standard InChI is InChI=1S/C18H20N2O3/c19-15(17(21)20-10-4-9-16(20)18(22)23)11-13-7-3-6-12-5-1-2-8-14(12)13/h1-3,5-8,15-16H,4,9-11,19H2,(H,22,23)/t15-,16+/m1/s1. The lowest BCUT2D eigenvalue weighted by atomic mass is 9.98. The van der Waals surface area contributed by atoms with Crippen molar-refractivity contribution < 1.29 is 14.7 Å². The highest BCUT2D eigenvalue weighted by Crippen LogP contribution is 2.22. The van der Waals surface area contributed by atoms with Crippen LogP contribution in [0.3, 0.4) is 0 Å². The number of fused-ring (bicyclic) bond motifs is 1.